The van der Waals surface area contributed by atoms with E-state index < -0.39 is 0 Å². The van der Waals surface area contributed by atoms with Crippen molar-refractivity contribution in [2.75, 3.05) is 11.9 Å². The first-order valence-corrected chi connectivity index (χ1v) is 7.48. The zero-order valence-electron chi connectivity index (χ0n) is 11.3. The van der Waals surface area contributed by atoms with Crippen LogP contribution in [0.1, 0.15) is 31.0 Å². The zero-order valence-corrected chi connectivity index (χ0v) is 12.2. The van der Waals surface area contributed by atoms with E-state index in [1.807, 2.05) is 0 Å². The molecule has 0 saturated carbocycles. The predicted molar refractivity (Wildman–Crippen MR) is 77.4 cm³/mol. The molecule has 0 saturated heterocycles. The van der Waals surface area contributed by atoms with E-state index in [0.29, 0.717) is 18.5 Å². The second kappa shape index (κ2) is 7.25. The van der Waals surface area contributed by atoms with Crippen molar-refractivity contribution in [3.05, 3.63) is 28.3 Å². The third-order valence-electron chi connectivity index (χ3n) is 2.63. The Bertz CT molecular complexity index is 469. The SMILES string of the molecule is CCCNCc1nnc(NC(C)Cc2cccs2)o1. The van der Waals surface area contributed by atoms with Crippen LogP contribution in [0.15, 0.2) is 21.9 Å². The topological polar surface area (TPSA) is 63.0 Å². The average molecular weight is 280 g/mol. The molecule has 5 nitrogen and oxygen atoms in total. The highest BCUT2D eigenvalue weighted by atomic mass is 32.1. The smallest absolute Gasteiger partial charge is 0.315 e. The standard InChI is InChI=1S/C13H20N4OS/c1-3-6-14-9-12-16-17-13(18-12)15-10(2)8-11-5-4-7-19-11/h4-5,7,10,14H,3,6,8-9H2,1-2H3,(H,15,17). The molecule has 0 aliphatic rings. The van der Waals surface area contributed by atoms with Gasteiger partial charge in [0.05, 0.1) is 6.54 Å². The van der Waals surface area contributed by atoms with Crippen molar-refractivity contribution < 1.29 is 4.42 Å². The molecule has 2 aromatic rings. The van der Waals surface area contributed by atoms with Gasteiger partial charge >= 0.3 is 6.01 Å². The van der Waals surface area contributed by atoms with Gasteiger partial charge in [0.25, 0.3) is 0 Å². The van der Waals surface area contributed by atoms with Gasteiger partial charge in [0.1, 0.15) is 0 Å². The molecule has 0 aliphatic heterocycles. The molecule has 6 heteroatoms. The molecule has 2 rings (SSSR count). The highest BCUT2D eigenvalue weighted by Crippen LogP contribution is 2.14. The van der Waals surface area contributed by atoms with E-state index in [1.54, 1.807) is 11.3 Å². The van der Waals surface area contributed by atoms with Crippen LogP contribution in [0.5, 0.6) is 0 Å². The summed E-state index contributed by atoms with van der Waals surface area (Å²) in [6.07, 6.45) is 2.06. The van der Waals surface area contributed by atoms with Gasteiger partial charge < -0.3 is 15.1 Å². The molecular weight excluding hydrogens is 260 g/mol. The van der Waals surface area contributed by atoms with E-state index in [2.05, 4.69) is 52.2 Å². The molecule has 2 heterocycles. The van der Waals surface area contributed by atoms with Gasteiger partial charge in [-0.15, -0.1) is 16.4 Å². The Morgan fingerprint density at radius 2 is 2.32 bits per heavy atom. The van der Waals surface area contributed by atoms with E-state index in [0.717, 1.165) is 19.4 Å². The fourth-order valence-corrected chi connectivity index (χ4v) is 2.58. The largest absolute Gasteiger partial charge is 0.407 e. The van der Waals surface area contributed by atoms with Crippen molar-refractivity contribution in [2.24, 2.45) is 0 Å². The van der Waals surface area contributed by atoms with Crippen LogP contribution in [0.3, 0.4) is 0 Å². The number of aromatic nitrogens is 2. The van der Waals surface area contributed by atoms with Gasteiger partial charge in [-0.05, 0) is 31.3 Å². The van der Waals surface area contributed by atoms with Crippen molar-refractivity contribution in [2.45, 2.75) is 39.3 Å². The van der Waals surface area contributed by atoms with Gasteiger partial charge in [0.2, 0.25) is 5.89 Å². The number of rotatable bonds is 8. The molecule has 0 aliphatic carbocycles. The average Bonchev–Trinajstić information content (AvgIpc) is 3.02. The molecule has 1 unspecified atom stereocenters. The summed E-state index contributed by atoms with van der Waals surface area (Å²) < 4.78 is 5.53. The Kier molecular flexibility index (Phi) is 5.35. The van der Waals surface area contributed by atoms with Crippen molar-refractivity contribution in [3.63, 3.8) is 0 Å². The maximum absolute atomic E-state index is 5.53. The lowest BCUT2D eigenvalue weighted by molar-refractivity contribution is 0.473. The minimum absolute atomic E-state index is 0.274. The van der Waals surface area contributed by atoms with E-state index in [4.69, 9.17) is 4.42 Å². The first kappa shape index (κ1) is 14.0. The van der Waals surface area contributed by atoms with Crippen LogP contribution in [-0.4, -0.2) is 22.8 Å². The van der Waals surface area contributed by atoms with Gasteiger partial charge in [0.15, 0.2) is 0 Å². The lowest BCUT2D eigenvalue weighted by Crippen LogP contribution is -2.17. The number of anilines is 1. The summed E-state index contributed by atoms with van der Waals surface area (Å²) in [4.78, 5) is 1.35. The van der Waals surface area contributed by atoms with Crippen LogP contribution in [0.25, 0.3) is 0 Å². The van der Waals surface area contributed by atoms with E-state index >= 15 is 0 Å². The van der Waals surface area contributed by atoms with Crippen LogP contribution < -0.4 is 10.6 Å². The molecule has 0 amide bonds. The molecule has 0 fully saturated rings. The Balaban J connectivity index is 1.78. The lowest BCUT2D eigenvalue weighted by atomic mass is 10.2. The van der Waals surface area contributed by atoms with Gasteiger partial charge in [-0.2, -0.15) is 0 Å². The fourth-order valence-electron chi connectivity index (χ4n) is 1.75. The maximum Gasteiger partial charge on any atom is 0.315 e. The Morgan fingerprint density at radius 1 is 1.42 bits per heavy atom. The Labute approximate surface area is 117 Å². The third-order valence-corrected chi connectivity index (χ3v) is 3.53. The molecular formula is C13H20N4OS. The first-order valence-electron chi connectivity index (χ1n) is 6.60. The minimum atomic E-state index is 0.274. The van der Waals surface area contributed by atoms with Crippen molar-refractivity contribution in [1.82, 2.24) is 15.5 Å². The van der Waals surface area contributed by atoms with Crippen molar-refractivity contribution in [1.29, 1.82) is 0 Å². The van der Waals surface area contributed by atoms with Gasteiger partial charge in [-0.3, -0.25) is 0 Å². The second-order valence-electron chi connectivity index (χ2n) is 4.51. The van der Waals surface area contributed by atoms with E-state index in [9.17, 15) is 0 Å². The monoisotopic (exact) mass is 280 g/mol. The molecule has 0 spiro atoms. The van der Waals surface area contributed by atoms with E-state index in [1.165, 1.54) is 4.88 Å². The number of nitrogens with zero attached hydrogens (tertiary/aromatic N) is 2. The molecule has 1 atom stereocenters. The summed E-state index contributed by atoms with van der Waals surface area (Å²) in [6.45, 7) is 5.82. The first-order chi connectivity index (χ1) is 9.28. The molecule has 0 aromatic carbocycles. The summed E-state index contributed by atoms with van der Waals surface area (Å²) in [5.74, 6) is 0.624. The fraction of sp³-hybridized carbons (Fsp3) is 0.538. The van der Waals surface area contributed by atoms with Crippen LogP contribution in [0, 0.1) is 0 Å². The van der Waals surface area contributed by atoms with Crippen molar-refractivity contribution >= 4 is 17.4 Å². The lowest BCUT2D eigenvalue weighted by Gasteiger charge is -2.09. The van der Waals surface area contributed by atoms with Crippen LogP contribution >= 0.6 is 11.3 Å². The summed E-state index contributed by atoms with van der Waals surface area (Å²) in [5, 5.41) is 16.5. The van der Waals surface area contributed by atoms with Gasteiger partial charge in [-0.25, -0.2) is 0 Å². The quantitative estimate of drug-likeness (QED) is 0.728. The van der Waals surface area contributed by atoms with Crippen molar-refractivity contribution in [3.8, 4) is 0 Å². The highest BCUT2D eigenvalue weighted by Gasteiger charge is 2.09. The normalized spacial score (nSPS) is 12.5. The molecule has 0 bridgehead atoms. The van der Waals surface area contributed by atoms with Crippen LogP contribution in [0.4, 0.5) is 6.01 Å². The highest BCUT2D eigenvalue weighted by molar-refractivity contribution is 7.09. The maximum atomic E-state index is 5.53. The Hall–Kier alpha value is -1.40. The summed E-state index contributed by atoms with van der Waals surface area (Å²) in [6, 6.07) is 4.97. The zero-order chi connectivity index (χ0) is 13.5. The molecule has 104 valence electrons. The van der Waals surface area contributed by atoms with Crippen LogP contribution in [0.2, 0.25) is 0 Å². The summed E-state index contributed by atoms with van der Waals surface area (Å²) in [5.41, 5.74) is 0. The minimum Gasteiger partial charge on any atom is -0.407 e. The third kappa shape index (κ3) is 4.65. The number of hydrogen-bond donors (Lipinski definition) is 2. The number of nitrogens with one attached hydrogen (secondary N) is 2. The van der Waals surface area contributed by atoms with Gasteiger partial charge in [-0.1, -0.05) is 18.1 Å². The number of thiophene rings is 1. The number of hydrogen-bond acceptors (Lipinski definition) is 6. The molecule has 19 heavy (non-hydrogen) atoms. The van der Waals surface area contributed by atoms with E-state index in [-0.39, 0.29) is 6.04 Å². The van der Waals surface area contributed by atoms with Crippen LogP contribution in [-0.2, 0) is 13.0 Å². The second-order valence-corrected chi connectivity index (χ2v) is 5.54. The molecule has 2 aromatic heterocycles. The van der Waals surface area contributed by atoms with Gasteiger partial charge in [0, 0.05) is 17.3 Å². The molecule has 0 radical (unpaired) electrons. The summed E-state index contributed by atoms with van der Waals surface area (Å²) >= 11 is 1.76. The predicted octanol–water partition coefficient (Wildman–Crippen LogP) is 2.67. The molecule has 2 N–H and O–H groups in total. The summed E-state index contributed by atoms with van der Waals surface area (Å²) in [7, 11) is 0. The Morgan fingerprint density at radius 3 is 3.05 bits per heavy atom.